The molecule has 0 fully saturated rings. The Morgan fingerprint density at radius 2 is 1.62 bits per heavy atom. The maximum Gasteiger partial charge on any atom is 0.0395 e. The van der Waals surface area contributed by atoms with Gasteiger partial charge in [-0.05, 0) is 18.6 Å². The lowest BCUT2D eigenvalue weighted by Gasteiger charge is -2.16. The third-order valence-electron chi connectivity index (χ3n) is 1.21. The van der Waals surface area contributed by atoms with Gasteiger partial charge in [0.25, 0.3) is 0 Å². The van der Waals surface area contributed by atoms with E-state index >= 15 is 0 Å². The highest BCUT2D eigenvalue weighted by Gasteiger charge is 1.99. The van der Waals surface area contributed by atoms with Gasteiger partial charge in [-0.2, -0.15) is 0 Å². The second-order valence-corrected chi connectivity index (χ2v) is 3.67. The summed E-state index contributed by atoms with van der Waals surface area (Å²) in [5.41, 5.74) is 2.13. The van der Waals surface area contributed by atoms with Crippen LogP contribution in [0.3, 0.4) is 0 Å². The topological polar surface area (TPSA) is 3.24 Å². The summed E-state index contributed by atoms with van der Waals surface area (Å²) in [5, 5.41) is 0. The van der Waals surface area contributed by atoms with E-state index in [1.807, 2.05) is 45.8 Å². The fourth-order valence-electron chi connectivity index (χ4n) is 0.782. The van der Waals surface area contributed by atoms with Gasteiger partial charge in [0.2, 0.25) is 0 Å². The molecule has 0 saturated heterocycles. The van der Waals surface area contributed by atoms with Gasteiger partial charge in [0.15, 0.2) is 0 Å². The molecule has 0 saturated carbocycles. The average Bonchev–Trinajstić information content (AvgIpc) is 2.03. The largest absolute Gasteiger partial charge is 0.377 e. The summed E-state index contributed by atoms with van der Waals surface area (Å²) in [4.78, 5) is 2.01. The number of rotatable bonds is 3. The van der Waals surface area contributed by atoms with Crippen molar-refractivity contribution >= 4 is 15.9 Å². The summed E-state index contributed by atoms with van der Waals surface area (Å²) in [6.45, 7) is 13.6. The van der Waals surface area contributed by atoms with Gasteiger partial charge in [-0.3, -0.25) is 0 Å². The summed E-state index contributed by atoms with van der Waals surface area (Å²) in [7, 11) is 3.97. The lowest BCUT2D eigenvalue weighted by Crippen LogP contribution is -2.11. The molecule has 0 N–H and O–H groups in total. The van der Waals surface area contributed by atoms with E-state index in [-0.39, 0.29) is 0 Å². The van der Waals surface area contributed by atoms with Crippen molar-refractivity contribution in [1.29, 1.82) is 0 Å². The standard InChI is InChI=1S/C9H14BrN.C2H6/c1-7(2)9(11(4)5)6-8(3)10;1-2/h6H,1,3H2,2,4-5H3;1-2H3/b9-6+;. The van der Waals surface area contributed by atoms with Crippen LogP contribution >= 0.6 is 15.9 Å². The molecule has 76 valence electrons. The van der Waals surface area contributed by atoms with Crippen LogP contribution in [0.2, 0.25) is 0 Å². The van der Waals surface area contributed by atoms with Crippen LogP contribution < -0.4 is 0 Å². The first-order valence-electron chi connectivity index (χ1n) is 4.34. The Hall–Kier alpha value is -0.500. The normalized spacial score (nSPS) is 9.85. The summed E-state index contributed by atoms with van der Waals surface area (Å²) in [5.74, 6) is 0. The van der Waals surface area contributed by atoms with Crippen LogP contribution in [0.1, 0.15) is 20.8 Å². The molecule has 0 aliphatic carbocycles. The molecule has 0 bridgehead atoms. The fraction of sp³-hybridized carbons (Fsp3) is 0.455. The molecular weight excluding hydrogens is 226 g/mol. The number of allylic oxidation sites excluding steroid dienone is 3. The molecule has 0 aromatic heterocycles. The van der Waals surface area contributed by atoms with Gasteiger partial charge < -0.3 is 4.90 Å². The molecular formula is C11H20BrN. The van der Waals surface area contributed by atoms with E-state index in [0.717, 1.165) is 15.8 Å². The van der Waals surface area contributed by atoms with Gasteiger partial charge in [-0.1, -0.05) is 42.9 Å². The van der Waals surface area contributed by atoms with E-state index < -0.39 is 0 Å². The smallest absolute Gasteiger partial charge is 0.0395 e. The Morgan fingerprint density at radius 3 is 1.69 bits per heavy atom. The van der Waals surface area contributed by atoms with E-state index in [9.17, 15) is 0 Å². The lowest BCUT2D eigenvalue weighted by atomic mass is 10.2. The number of nitrogens with zero attached hydrogens (tertiary/aromatic N) is 1. The summed E-state index contributed by atoms with van der Waals surface area (Å²) < 4.78 is 0.865. The average molecular weight is 246 g/mol. The SMILES string of the molecule is C=C(Br)/C=C(\C(=C)C)N(C)C.CC. The van der Waals surface area contributed by atoms with E-state index in [4.69, 9.17) is 0 Å². The van der Waals surface area contributed by atoms with Crippen LogP contribution in [0.5, 0.6) is 0 Å². The van der Waals surface area contributed by atoms with Crippen LogP contribution in [-0.2, 0) is 0 Å². The first kappa shape index (κ1) is 15.0. The zero-order valence-corrected chi connectivity index (χ0v) is 10.9. The zero-order valence-electron chi connectivity index (χ0n) is 9.32. The molecule has 2 heteroatoms. The molecule has 0 unspecified atom stereocenters. The van der Waals surface area contributed by atoms with Gasteiger partial charge in [-0.25, -0.2) is 0 Å². The van der Waals surface area contributed by atoms with Crippen molar-refractivity contribution in [2.75, 3.05) is 14.1 Å². The molecule has 1 nitrogen and oxygen atoms in total. The highest BCUT2D eigenvalue weighted by Crippen LogP contribution is 2.14. The second kappa shape index (κ2) is 8.11. The maximum absolute atomic E-state index is 3.86. The third kappa shape index (κ3) is 7.85. The Bertz CT molecular complexity index is 202. The Morgan fingerprint density at radius 1 is 1.23 bits per heavy atom. The monoisotopic (exact) mass is 245 g/mol. The molecule has 0 radical (unpaired) electrons. The molecule has 0 amide bonds. The first-order chi connectivity index (χ1) is 5.95. The van der Waals surface area contributed by atoms with Crippen LogP contribution in [0, 0.1) is 0 Å². The fourth-order valence-corrected chi connectivity index (χ4v) is 0.999. The first-order valence-corrected chi connectivity index (χ1v) is 5.13. The van der Waals surface area contributed by atoms with E-state index in [1.165, 1.54) is 0 Å². The van der Waals surface area contributed by atoms with Crippen molar-refractivity contribution in [3.8, 4) is 0 Å². The van der Waals surface area contributed by atoms with E-state index in [2.05, 4.69) is 29.1 Å². The van der Waals surface area contributed by atoms with Gasteiger partial charge in [0.05, 0.1) is 0 Å². The quantitative estimate of drug-likeness (QED) is 0.682. The van der Waals surface area contributed by atoms with E-state index in [1.54, 1.807) is 0 Å². The minimum Gasteiger partial charge on any atom is -0.377 e. The van der Waals surface area contributed by atoms with Crippen molar-refractivity contribution in [1.82, 2.24) is 4.90 Å². The number of likely N-dealkylation sites (N-methyl/N-ethyl adjacent to an activating group) is 1. The molecule has 13 heavy (non-hydrogen) atoms. The third-order valence-corrected chi connectivity index (χ3v) is 1.44. The van der Waals surface area contributed by atoms with Crippen LogP contribution in [0.15, 0.2) is 35.0 Å². The van der Waals surface area contributed by atoms with E-state index in [0.29, 0.717) is 0 Å². The molecule has 0 spiro atoms. The van der Waals surface area contributed by atoms with Crippen LogP contribution in [0.4, 0.5) is 0 Å². The Labute approximate surface area is 91.0 Å². The van der Waals surface area contributed by atoms with Gasteiger partial charge in [0.1, 0.15) is 0 Å². The Balaban J connectivity index is 0. The predicted molar refractivity (Wildman–Crippen MR) is 66.0 cm³/mol. The van der Waals surface area contributed by atoms with Gasteiger partial charge >= 0.3 is 0 Å². The molecule has 0 aliphatic heterocycles. The van der Waals surface area contributed by atoms with Crippen molar-refractivity contribution in [3.63, 3.8) is 0 Å². The van der Waals surface area contributed by atoms with Crippen molar-refractivity contribution in [3.05, 3.63) is 35.0 Å². The van der Waals surface area contributed by atoms with Gasteiger partial charge in [0, 0.05) is 24.3 Å². The molecule has 0 rings (SSSR count). The highest BCUT2D eigenvalue weighted by atomic mass is 79.9. The molecule has 0 heterocycles. The highest BCUT2D eigenvalue weighted by molar-refractivity contribution is 9.11. The summed E-state index contributed by atoms with van der Waals surface area (Å²) >= 11 is 3.27. The zero-order chi connectivity index (χ0) is 11.0. The van der Waals surface area contributed by atoms with Gasteiger partial charge in [-0.15, -0.1) is 0 Å². The van der Waals surface area contributed by atoms with Crippen molar-refractivity contribution < 1.29 is 0 Å². The Kier molecular flexibility index (Phi) is 9.36. The second-order valence-electron chi connectivity index (χ2n) is 2.65. The van der Waals surface area contributed by atoms with Crippen LogP contribution in [0.25, 0.3) is 0 Å². The molecule has 0 aromatic carbocycles. The minimum atomic E-state index is 0.865. The van der Waals surface area contributed by atoms with Crippen molar-refractivity contribution in [2.24, 2.45) is 0 Å². The number of hydrogen-bond acceptors (Lipinski definition) is 1. The van der Waals surface area contributed by atoms with Crippen molar-refractivity contribution in [2.45, 2.75) is 20.8 Å². The predicted octanol–water partition coefficient (Wildman–Crippen LogP) is 3.94. The number of halogens is 1. The summed E-state index contributed by atoms with van der Waals surface area (Å²) in [6, 6.07) is 0. The molecule has 0 atom stereocenters. The minimum absolute atomic E-state index is 0.865. The number of hydrogen-bond donors (Lipinski definition) is 0. The lowest BCUT2D eigenvalue weighted by molar-refractivity contribution is 0.522. The van der Waals surface area contributed by atoms with Crippen LogP contribution in [-0.4, -0.2) is 19.0 Å². The molecule has 0 aromatic rings. The molecule has 0 aliphatic rings. The maximum atomic E-state index is 3.86. The summed E-state index contributed by atoms with van der Waals surface area (Å²) in [6.07, 6.45) is 1.95.